The van der Waals surface area contributed by atoms with Gasteiger partial charge in [0.2, 0.25) is 0 Å². The molecule has 1 saturated carbocycles. The monoisotopic (exact) mass is 340 g/mol. The van der Waals surface area contributed by atoms with E-state index < -0.39 is 8.32 Å². The molecule has 1 aliphatic rings. The Morgan fingerprint density at radius 3 is 2.26 bits per heavy atom. The average molecular weight is 341 g/mol. The number of methoxy groups -OCH3 is 1. The van der Waals surface area contributed by atoms with E-state index in [1.165, 1.54) is 39.2 Å². The van der Waals surface area contributed by atoms with Crippen LogP contribution in [0, 0.1) is 5.92 Å². The molecule has 0 saturated heterocycles. The van der Waals surface area contributed by atoms with E-state index in [2.05, 4.69) is 33.9 Å². The van der Waals surface area contributed by atoms with E-state index >= 15 is 0 Å². The van der Waals surface area contributed by atoms with Gasteiger partial charge in [-0.15, -0.1) is 0 Å². The Labute approximate surface area is 144 Å². The van der Waals surface area contributed by atoms with Crippen molar-refractivity contribution in [3.05, 3.63) is 11.6 Å². The number of hydrogen-bond acceptors (Lipinski definition) is 3. The van der Waals surface area contributed by atoms with Crippen molar-refractivity contribution in [2.24, 2.45) is 5.92 Å². The Balaban J connectivity index is 2.89. The third-order valence-corrected chi connectivity index (χ3v) is 10.0. The summed E-state index contributed by atoms with van der Waals surface area (Å²) < 4.78 is 11.5. The summed E-state index contributed by atoms with van der Waals surface area (Å²) in [6.45, 7) is 13.5. The predicted molar refractivity (Wildman–Crippen MR) is 99.0 cm³/mol. The Morgan fingerprint density at radius 2 is 1.78 bits per heavy atom. The first-order valence-electron chi connectivity index (χ1n) is 9.00. The van der Waals surface area contributed by atoms with Crippen molar-refractivity contribution < 1.29 is 14.0 Å². The molecule has 0 aromatic heterocycles. The largest absolute Gasteiger partial charge is 0.466 e. The Morgan fingerprint density at radius 1 is 1.22 bits per heavy atom. The van der Waals surface area contributed by atoms with Crippen molar-refractivity contribution in [1.29, 1.82) is 0 Å². The minimum absolute atomic E-state index is 0.208. The minimum atomic E-state index is -1.81. The molecule has 0 aromatic carbocycles. The van der Waals surface area contributed by atoms with E-state index in [4.69, 9.17) is 9.16 Å². The summed E-state index contributed by atoms with van der Waals surface area (Å²) in [5.74, 6) is 0.357. The Kier molecular flexibility index (Phi) is 7.53. The number of ether oxygens (including phenoxy) is 1. The van der Waals surface area contributed by atoms with E-state index in [9.17, 15) is 4.79 Å². The summed E-state index contributed by atoms with van der Waals surface area (Å²) in [6.07, 6.45) is 9.16. The first kappa shape index (κ1) is 20.4. The van der Waals surface area contributed by atoms with Crippen molar-refractivity contribution in [3.8, 4) is 0 Å². The van der Waals surface area contributed by atoms with Crippen molar-refractivity contribution >= 4 is 14.3 Å². The molecule has 1 aliphatic carbocycles. The molecular weight excluding hydrogens is 304 g/mol. The van der Waals surface area contributed by atoms with Crippen LogP contribution in [0.25, 0.3) is 0 Å². The van der Waals surface area contributed by atoms with Crippen molar-refractivity contribution in [2.75, 3.05) is 7.11 Å². The van der Waals surface area contributed by atoms with E-state index in [0.29, 0.717) is 5.92 Å². The maximum absolute atomic E-state index is 11.5. The normalized spacial score (nSPS) is 19.5. The van der Waals surface area contributed by atoms with E-state index in [1.807, 2.05) is 6.92 Å². The molecule has 0 aromatic rings. The molecule has 0 unspecified atom stereocenters. The molecule has 1 rings (SSSR count). The molecule has 23 heavy (non-hydrogen) atoms. The molecule has 3 nitrogen and oxygen atoms in total. The van der Waals surface area contributed by atoms with Gasteiger partial charge in [0.15, 0.2) is 8.32 Å². The molecule has 0 radical (unpaired) electrons. The van der Waals surface area contributed by atoms with Crippen LogP contribution in [0.3, 0.4) is 0 Å². The Bertz CT molecular complexity index is 415. The lowest BCUT2D eigenvalue weighted by molar-refractivity contribution is -0.134. The highest BCUT2D eigenvalue weighted by Gasteiger charge is 2.40. The second kappa shape index (κ2) is 8.47. The number of hydrogen-bond donors (Lipinski definition) is 0. The number of esters is 1. The Hall–Kier alpha value is -0.613. The summed E-state index contributed by atoms with van der Waals surface area (Å²) in [5, 5.41) is 0.208. The second-order valence-electron chi connectivity index (χ2n) is 8.53. The van der Waals surface area contributed by atoms with Gasteiger partial charge in [0.25, 0.3) is 0 Å². The van der Waals surface area contributed by atoms with E-state index in [-0.39, 0.29) is 17.1 Å². The second-order valence-corrected chi connectivity index (χ2v) is 13.3. The smallest absolute Gasteiger partial charge is 0.330 e. The van der Waals surface area contributed by atoms with Gasteiger partial charge in [0, 0.05) is 6.08 Å². The minimum Gasteiger partial charge on any atom is -0.466 e. The van der Waals surface area contributed by atoms with Gasteiger partial charge in [-0.05, 0) is 50.2 Å². The van der Waals surface area contributed by atoms with Gasteiger partial charge < -0.3 is 9.16 Å². The zero-order valence-electron chi connectivity index (χ0n) is 16.2. The molecule has 0 spiro atoms. The molecule has 0 amide bonds. The van der Waals surface area contributed by atoms with Crippen LogP contribution in [-0.2, 0) is 14.0 Å². The fraction of sp³-hybridized carbons (Fsp3) is 0.842. The quantitative estimate of drug-likeness (QED) is 0.365. The number of carbonyl (C=O) groups excluding carboxylic acids is 1. The summed E-state index contributed by atoms with van der Waals surface area (Å²) in [5.41, 5.74) is 1.06. The summed E-state index contributed by atoms with van der Waals surface area (Å²) in [6, 6.07) is 0. The van der Waals surface area contributed by atoms with Crippen molar-refractivity contribution in [3.63, 3.8) is 0 Å². The van der Waals surface area contributed by atoms with Gasteiger partial charge in [-0.3, -0.25) is 0 Å². The zero-order chi connectivity index (χ0) is 17.7. The predicted octanol–water partition coefficient (Wildman–Crippen LogP) is 5.47. The molecule has 0 heterocycles. The van der Waals surface area contributed by atoms with Gasteiger partial charge in [-0.2, -0.15) is 0 Å². The van der Waals surface area contributed by atoms with Crippen LogP contribution in [0.4, 0.5) is 0 Å². The molecule has 0 bridgehead atoms. The first-order valence-corrected chi connectivity index (χ1v) is 11.9. The van der Waals surface area contributed by atoms with Gasteiger partial charge in [0.1, 0.15) is 0 Å². The SMILES string of the molecule is COC(=O)/C=C(\C)C[C@@H](O[Si](C)(C)C(C)(C)C)C1CCCCC1. The summed E-state index contributed by atoms with van der Waals surface area (Å²) >= 11 is 0. The molecule has 0 aliphatic heterocycles. The van der Waals surface area contributed by atoms with Crippen molar-refractivity contribution in [2.45, 2.75) is 90.5 Å². The highest BCUT2D eigenvalue weighted by Crippen LogP contribution is 2.40. The van der Waals surface area contributed by atoms with Gasteiger partial charge in [-0.25, -0.2) is 4.79 Å². The van der Waals surface area contributed by atoms with Crippen LogP contribution in [0.15, 0.2) is 11.6 Å². The lowest BCUT2D eigenvalue weighted by atomic mass is 9.83. The molecule has 4 heteroatoms. The van der Waals surface area contributed by atoms with E-state index in [1.54, 1.807) is 6.08 Å². The number of carbonyl (C=O) groups is 1. The van der Waals surface area contributed by atoms with Crippen LogP contribution < -0.4 is 0 Å². The molecule has 1 fully saturated rings. The lowest BCUT2D eigenvalue weighted by Crippen LogP contribution is -2.46. The summed E-state index contributed by atoms with van der Waals surface area (Å²) in [4.78, 5) is 11.5. The van der Waals surface area contributed by atoms with E-state index in [0.717, 1.165) is 12.0 Å². The van der Waals surface area contributed by atoms with Crippen LogP contribution in [0.2, 0.25) is 18.1 Å². The maximum atomic E-state index is 11.5. The third kappa shape index (κ3) is 6.42. The fourth-order valence-corrected chi connectivity index (χ4v) is 4.39. The van der Waals surface area contributed by atoms with Crippen LogP contribution >= 0.6 is 0 Å². The highest BCUT2D eigenvalue weighted by atomic mass is 28.4. The summed E-state index contributed by atoms with van der Waals surface area (Å²) in [7, 11) is -0.383. The third-order valence-electron chi connectivity index (χ3n) is 5.52. The molecule has 0 N–H and O–H groups in total. The molecule has 134 valence electrons. The highest BCUT2D eigenvalue weighted by molar-refractivity contribution is 6.74. The topological polar surface area (TPSA) is 35.5 Å². The lowest BCUT2D eigenvalue weighted by Gasteiger charge is -2.42. The van der Waals surface area contributed by atoms with Crippen LogP contribution in [0.1, 0.15) is 66.2 Å². The standard InChI is InChI=1S/C19H36O3Si/c1-15(14-18(20)21-5)13-17(16-11-9-8-10-12-16)22-23(6,7)19(2,3)4/h14,16-17H,8-13H2,1-7H3/b15-14+/t17-/m1/s1. The average Bonchev–Trinajstić information content (AvgIpc) is 2.45. The van der Waals surface area contributed by atoms with Gasteiger partial charge in [-0.1, -0.05) is 45.6 Å². The van der Waals surface area contributed by atoms with Crippen molar-refractivity contribution in [1.82, 2.24) is 0 Å². The molecular formula is C19H36O3Si. The van der Waals surface area contributed by atoms with Crippen LogP contribution in [0.5, 0.6) is 0 Å². The van der Waals surface area contributed by atoms with Crippen LogP contribution in [-0.4, -0.2) is 27.5 Å². The first-order chi connectivity index (χ1) is 10.6. The van der Waals surface area contributed by atoms with Gasteiger partial charge in [0.05, 0.1) is 13.2 Å². The maximum Gasteiger partial charge on any atom is 0.330 e. The molecule has 1 atom stereocenters. The number of rotatable bonds is 6. The van der Waals surface area contributed by atoms with Gasteiger partial charge >= 0.3 is 5.97 Å². The fourth-order valence-electron chi connectivity index (χ4n) is 3.00. The zero-order valence-corrected chi connectivity index (χ0v) is 17.2.